The summed E-state index contributed by atoms with van der Waals surface area (Å²) < 4.78 is 0. The summed E-state index contributed by atoms with van der Waals surface area (Å²) in [6, 6.07) is 15.0. The van der Waals surface area contributed by atoms with Crippen LogP contribution < -0.4 is 5.32 Å². The van der Waals surface area contributed by atoms with Gasteiger partial charge >= 0.3 is 0 Å². The van der Waals surface area contributed by atoms with Crippen molar-refractivity contribution >= 4 is 27.9 Å². The van der Waals surface area contributed by atoms with Crippen LogP contribution in [-0.2, 0) is 0 Å². The smallest absolute Gasteiger partial charge is 0.0470 e. The van der Waals surface area contributed by atoms with Crippen molar-refractivity contribution < 1.29 is 0 Å². The molecule has 0 aliphatic heterocycles. The van der Waals surface area contributed by atoms with Gasteiger partial charge in [-0.3, -0.25) is 0 Å². The van der Waals surface area contributed by atoms with Crippen molar-refractivity contribution in [1.82, 2.24) is 10.3 Å². The highest BCUT2D eigenvalue weighted by Crippen LogP contribution is 2.26. The van der Waals surface area contributed by atoms with Crippen LogP contribution in [0.4, 0.5) is 0 Å². The second-order valence-corrected chi connectivity index (χ2v) is 4.77. The summed E-state index contributed by atoms with van der Waals surface area (Å²) in [6.45, 7) is 1.02. The molecule has 1 heterocycles. The summed E-state index contributed by atoms with van der Waals surface area (Å²) in [5.41, 5.74) is 3.65. The molecule has 0 bridgehead atoms. The molecule has 0 saturated heterocycles. The third-order valence-corrected chi connectivity index (χ3v) is 3.40. The van der Waals surface area contributed by atoms with Gasteiger partial charge in [-0.2, -0.15) is 0 Å². The van der Waals surface area contributed by atoms with E-state index < -0.39 is 0 Å². The minimum atomic E-state index is 1.02. The Morgan fingerprint density at radius 1 is 1.05 bits per heavy atom. The van der Waals surface area contributed by atoms with E-state index in [1.54, 1.807) is 0 Å². The highest BCUT2D eigenvalue weighted by Gasteiger charge is 2.02. The average Bonchev–Trinajstić information content (AvgIpc) is 2.81. The lowest BCUT2D eigenvalue weighted by molar-refractivity contribution is 0.809. The lowest BCUT2D eigenvalue weighted by atomic mass is 10.1. The normalized spacial score (nSPS) is 11.8. The Bertz CT molecular complexity index is 722. The van der Waals surface area contributed by atoms with E-state index in [-0.39, 0.29) is 0 Å². The highest BCUT2D eigenvalue weighted by atomic mass is 14.8. The SMILES string of the molecule is CNCCC=Cc1ccc2c(c1)[nH]c1ccccc12. The van der Waals surface area contributed by atoms with Crippen LogP contribution in [0.1, 0.15) is 12.0 Å². The molecule has 0 atom stereocenters. The molecule has 0 aliphatic carbocycles. The lowest BCUT2D eigenvalue weighted by Gasteiger charge is -1.96. The maximum atomic E-state index is 3.47. The minimum absolute atomic E-state index is 1.02. The van der Waals surface area contributed by atoms with E-state index in [1.807, 2.05) is 7.05 Å². The summed E-state index contributed by atoms with van der Waals surface area (Å²) in [7, 11) is 1.98. The van der Waals surface area contributed by atoms with Crippen molar-refractivity contribution in [1.29, 1.82) is 0 Å². The molecule has 0 spiro atoms. The molecule has 2 nitrogen and oxygen atoms in total. The van der Waals surface area contributed by atoms with Crippen molar-refractivity contribution in [3.8, 4) is 0 Å². The lowest BCUT2D eigenvalue weighted by Crippen LogP contribution is -2.05. The number of nitrogens with one attached hydrogen (secondary N) is 2. The molecule has 3 rings (SSSR count). The van der Waals surface area contributed by atoms with Gasteiger partial charge in [-0.25, -0.2) is 0 Å². The first kappa shape index (κ1) is 12.0. The summed E-state index contributed by atoms with van der Waals surface area (Å²) >= 11 is 0. The molecule has 96 valence electrons. The Labute approximate surface area is 113 Å². The Kier molecular flexibility index (Phi) is 3.34. The number of hydrogen-bond acceptors (Lipinski definition) is 1. The maximum absolute atomic E-state index is 3.47. The quantitative estimate of drug-likeness (QED) is 0.674. The number of hydrogen-bond donors (Lipinski definition) is 2. The molecule has 0 radical (unpaired) electrons. The highest BCUT2D eigenvalue weighted by molar-refractivity contribution is 6.07. The van der Waals surface area contributed by atoms with E-state index >= 15 is 0 Å². The van der Waals surface area contributed by atoms with Gasteiger partial charge < -0.3 is 10.3 Å². The molecule has 2 heteroatoms. The molecule has 19 heavy (non-hydrogen) atoms. The maximum Gasteiger partial charge on any atom is 0.0470 e. The molecule has 2 aromatic carbocycles. The molecular formula is C17H18N2. The van der Waals surface area contributed by atoms with Gasteiger partial charge in [0.15, 0.2) is 0 Å². The van der Waals surface area contributed by atoms with Crippen LogP contribution in [0.5, 0.6) is 0 Å². The largest absolute Gasteiger partial charge is 0.354 e. The number of aromatic amines is 1. The second kappa shape index (κ2) is 5.29. The molecule has 0 unspecified atom stereocenters. The molecule has 1 aromatic heterocycles. The van der Waals surface area contributed by atoms with E-state index in [4.69, 9.17) is 0 Å². The zero-order valence-electron chi connectivity index (χ0n) is 11.1. The summed E-state index contributed by atoms with van der Waals surface area (Å²) in [5, 5.41) is 5.73. The van der Waals surface area contributed by atoms with Crippen LogP contribution in [0.2, 0.25) is 0 Å². The van der Waals surface area contributed by atoms with Gasteiger partial charge in [-0.15, -0.1) is 0 Å². The van der Waals surface area contributed by atoms with Gasteiger partial charge in [0.2, 0.25) is 0 Å². The minimum Gasteiger partial charge on any atom is -0.354 e. The molecule has 3 aromatic rings. The zero-order chi connectivity index (χ0) is 13.1. The van der Waals surface area contributed by atoms with Crippen LogP contribution in [0, 0.1) is 0 Å². The Hall–Kier alpha value is -2.06. The molecular weight excluding hydrogens is 232 g/mol. The number of fused-ring (bicyclic) bond motifs is 3. The summed E-state index contributed by atoms with van der Waals surface area (Å²) in [6.07, 6.45) is 5.45. The molecule has 2 N–H and O–H groups in total. The monoisotopic (exact) mass is 250 g/mol. The van der Waals surface area contributed by atoms with Crippen molar-refractivity contribution in [2.24, 2.45) is 0 Å². The van der Waals surface area contributed by atoms with E-state index in [9.17, 15) is 0 Å². The predicted molar refractivity (Wildman–Crippen MR) is 83.4 cm³/mol. The topological polar surface area (TPSA) is 27.8 Å². The van der Waals surface area contributed by atoms with Crippen molar-refractivity contribution in [2.75, 3.05) is 13.6 Å². The summed E-state index contributed by atoms with van der Waals surface area (Å²) in [4.78, 5) is 3.47. The van der Waals surface area contributed by atoms with Crippen LogP contribution in [0.15, 0.2) is 48.5 Å². The summed E-state index contributed by atoms with van der Waals surface area (Å²) in [5.74, 6) is 0. The third kappa shape index (κ3) is 2.40. The number of para-hydroxylation sites is 1. The van der Waals surface area contributed by atoms with Crippen LogP contribution >= 0.6 is 0 Å². The number of benzene rings is 2. The first-order valence-corrected chi connectivity index (χ1v) is 6.70. The fourth-order valence-electron chi connectivity index (χ4n) is 2.42. The van der Waals surface area contributed by atoms with Gasteiger partial charge in [0.05, 0.1) is 0 Å². The van der Waals surface area contributed by atoms with E-state index in [0.29, 0.717) is 0 Å². The van der Waals surface area contributed by atoms with E-state index in [0.717, 1.165) is 13.0 Å². The van der Waals surface area contributed by atoms with Crippen LogP contribution in [0.3, 0.4) is 0 Å². The molecule has 0 saturated carbocycles. The third-order valence-electron chi connectivity index (χ3n) is 3.40. The Morgan fingerprint density at radius 3 is 2.79 bits per heavy atom. The molecule has 0 amide bonds. The van der Waals surface area contributed by atoms with Crippen LogP contribution in [0.25, 0.3) is 27.9 Å². The van der Waals surface area contributed by atoms with Crippen molar-refractivity contribution in [3.05, 3.63) is 54.1 Å². The average molecular weight is 250 g/mol. The standard InChI is InChI=1S/C17H18N2/c1-18-11-5-4-6-13-9-10-15-14-7-2-3-8-16(14)19-17(15)12-13/h2-4,6-10,12,18-19H,5,11H2,1H3. The zero-order valence-corrected chi connectivity index (χ0v) is 11.1. The Morgan fingerprint density at radius 2 is 1.89 bits per heavy atom. The second-order valence-electron chi connectivity index (χ2n) is 4.77. The molecule has 0 aliphatic rings. The first-order chi connectivity index (χ1) is 9.38. The van der Waals surface area contributed by atoms with Crippen molar-refractivity contribution in [2.45, 2.75) is 6.42 Å². The number of H-pyrrole nitrogens is 1. The van der Waals surface area contributed by atoms with Gasteiger partial charge in [0.25, 0.3) is 0 Å². The van der Waals surface area contributed by atoms with Gasteiger partial charge in [-0.05, 0) is 37.7 Å². The fourth-order valence-corrected chi connectivity index (χ4v) is 2.42. The van der Waals surface area contributed by atoms with E-state index in [2.05, 4.69) is 64.9 Å². The Balaban J connectivity index is 1.97. The molecule has 0 fully saturated rings. The fraction of sp³-hybridized carbons (Fsp3) is 0.176. The van der Waals surface area contributed by atoms with Gasteiger partial charge in [-0.1, -0.05) is 42.5 Å². The van der Waals surface area contributed by atoms with Crippen LogP contribution in [-0.4, -0.2) is 18.6 Å². The first-order valence-electron chi connectivity index (χ1n) is 6.70. The van der Waals surface area contributed by atoms with E-state index in [1.165, 1.54) is 27.4 Å². The van der Waals surface area contributed by atoms with Gasteiger partial charge in [0.1, 0.15) is 0 Å². The number of aromatic nitrogens is 1. The predicted octanol–water partition coefficient (Wildman–Crippen LogP) is 3.94. The van der Waals surface area contributed by atoms with Gasteiger partial charge in [0, 0.05) is 21.8 Å². The number of rotatable bonds is 4. The van der Waals surface area contributed by atoms with Crippen molar-refractivity contribution in [3.63, 3.8) is 0 Å².